The molecule has 2 atom stereocenters. The van der Waals surface area contributed by atoms with Crippen LogP contribution in [-0.4, -0.2) is 18.1 Å². The van der Waals surface area contributed by atoms with Crippen LogP contribution in [0.3, 0.4) is 0 Å². The molecule has 0 radical (unpaired) electrons. The van der Waals surface area contributed by atoms with E-state index in [0.29, 0.717) is 5.02 Å². The lowest BCUT2D eigenvalue weighted by molar-refractivity contribution is 0.418. The molecule has 2 nitrogen and oxygen atoms in total. The number of nitrogens with one attached hydrogen (secondary N) is 1. The molecule has 1 N–H and O–H groups in total. The Bertz CT molecular complexity index is 472. The van der Waals surface area contributed by atoms with Crippen molar-refractivity contribution in [3.63, 3.8) is 0 Å². The van der Waals surface area contributed by atoms with Crippen LogP contribution in [0.4, 0.5) is 0 Å². The zero-order valence-corrected chi connectivity index (χ0v) is 11.8. The first kappa shape index (κ1) is 11.7. The quantitative estimate of drug-likeness (QED) is 0.803. The second-order valence-corrected chi connectivity index (χ2v) is 6.00. The maximum absolute atomic E-state index is 6.10. The van der Waals surface area contributed by atoms with E-state index in [-0.39, 0.29) is 0 Å². The van der Waals surface area contributed by atoms with Crippen LogP contribution in [0.2, 0.25) is 5.02 Å². The minimum Gasteiger partial charge on any atom is -0.316 e. The molecule has 2 aliphatic rings. The Morgan fingerprint density at radius 1 is 1.35 bits per heavy atom. The molecule has 0 bridgehead atoms. The maximum Gasteiger partial charge on any atom is 0.124 e. The van der Waals surface area contributed by atoms with Gasteiger partial charge in [0, 0.05) is 6.20 Å². The maximum atomic E-state index is 6.10. The van der Waals surface area contributed by atoms with Crippen LogP contribution >= 0.6 is 27.5 Å². The monoisotopic (exact) mass is 312 g/mol. The van der Waals surface area contributed by atoms with Crippen LogP contribution in [-0.2, 0) is 0 Å². The van der Waals surface area contributed by atoms with Gasteiger partial charge >= 0.3 is 0 Å². The van der Waals surface area contributed by atoms with Gasteiger partial charge in [-0.1, -0.05) is 17.7 Å². The van der Waals surface area contributed by atoms with E-state index in [4.69, 9.17) is 11.6 Å². The van der Waals surface area contributed by atoms with Crippen LogP contribution in [0.25, 0.3) is 5.57 Å². The average Bonchev–Trinajstić information content (AvgIpc) is 2.79. The molecule has 90 valence electrons. The summed E-state index contributed by atoms with van der Waals surface area (Å²) >= 11 is 9.42. The molecule has 0 spiro atoms. The van der Waals surface area contributed by atoms with E-state index in [1.807, 2.05) is 12.3 Å². The number of rotatable bonds is 1. The van der Waals surface area contributed by atoms with Gasteiger partial charge in [-0.15, -0.1) is 0 Å². The molecular formula is C13H14BrClN2. The molecule has 1 aliphatic carbocycles. The Balaban J connectivity index is 1.86. The normalized spacial score (nSPS) is 27.8. The standard InChI is InChI=1S/C13H14BrClN2/c14-13-12(15)4-11(7-17-13)8-1-2-9-5-16-6-10(9)3-8/h1,4,7,9-10,16H,2-3,5-6H2/t9-,10+/m0/s1. The minimum absolute atomic E-state index is 0.690. The van der Waals surface area contributed by atoms with Crippen molar-refractivity contribution in [3.05, 3.63) is 33.5 Å². The number of nitrogens with zero attached hydrogens (tertiary/aromatic N) is 1. The topological polar surface area (TPSA) is 24.9 Å². The second-order valence-electron chi connectivity index (χ2n) is 4.84. The van der Waals surface area contributed by atoms with E-state index in [1.54, 1.807) is 0 Å². The number of hydrogen-bond donors (Lipinski definition) is 1. The fraction of sp³-hybridized carbons (Fsp3) is 0.462. The van der Waals surface area contributed by atoms with E-state index < -0.39 is 0 Å². The summed E-state index contributed by atoms with van der Waals surface area (Å²) < 4.78 is 0.722. The number of aromatic nitrogens is 1. The highest BCUT2D eigenvalue weighted by molar-refractivity contribution is 9.10. The fourth-order valence-corrected chi connectivity index (χ4v) is 3.18. The van der Waals surface area contributed by atoms with E-state index in [0.717, 1.165) is 29.4 Å². The number of hydrogen-bond acceptors (Lipinski definition) is 2. The van der Waals surface area contributed by atoms with Crippen LogP contribution < -0.4 is 5.32 Å². The molecule has 0 saturated carbocycles. The van der Waals surface area contributed by atoms with Gasteiger partial charge in [-0.05, 0) is 70.9 Å². The van der Waals surface area contributed by atoms with Gasteiger partial charge in [0.25, 0.3) is 0 Å². The molecule has 0 amide bonds. The van der Waals surface area contributed by atoms with Gasteiger partial charge in [-0.3, -0.25) is 0 Å². The lowest BCUT2D eigenvalue weighted by Crippen LogP contribution is -2.16. The molecule has 3 rings (SSSR count). The van der Waals surface area contributed by atoms with Crippen LogP contribution in [0.15, 0.2) is 22.9 Å². The highest BCUT2D eigenvalue weighted by Crippen LogP contribution is 2.37. The predicted octanol–water partition coefficient (Wildman–Crippen LogP) is 3.51. The number of fused-ring (bicyclic) bond motifs is 1. The molecule has 1 fully saturated rings. The molecule has 17 heavy (non-hydrogen) atoms. The zero-order chi connectivity index (χ0) is 11.8. The highest BCUT2D eigenvalue weighted by atomic mass is 79.9. The molecule has 1 aliphatic heterocycles. The third-order valence-corrected chi connectivity index (χ3v) is 4.94. The molecule has 1 aromatic rings. The van der Waals surface area contributed by atoms with Crippen LogP contribution in [0, 0.1) is 11.8 Å². The van der Waals surface area contributed by atoms with Crippen molar-refractivity contribution in [2.45, 2.75) is 12.8 Å². The van der Waals surface area contributed by atoms with Crippen molar-refractivity contribution in [2.75, 3.05) is 13.1 Å². The third kappa shape index (κ3) is 2.28. The lowest BCUT2D eigenvalue weighted by Gasteiger charge is -2.24. The van der Waals surface area contributed by atoms with Crippen LogP contribution in [0.5, 0.6) is 0 Å². The summed E-state index contributed by atoms with van der Waals surface area (Å²) in [6.45, 7) is 2.33. The summed E-state index contributed by atoms with van der Waals surface area (Å²) in [5, 5.41) is 4.16. The predicted molar refractivity (Wildman–Crippen MR) is 74.0 cm³/mol. The van der Waals surface area contributed by atoms with Crippen molar-refractivity contribution >= 4 is 33.1 Å². The summed E-state index contributed by atoms with van der Waals surface area (Å²) in [4.78, 5) is 4.27. The largest absolute Gasteiger partial charge is 0.316 e. The summed E-state index contributed by atoms with van der Waals surface area (Å²) in [6, 6.07) is 2.01. The van der Waals surface area contributed by atoms with E-state index in [9.17, 15) is 0 Å². The van der Waals surface area contributed by atoms with Crippen molar-refractivity contribution in [1.82, 2.24) is 10.3 Å². The SMILES string of the molecule is Clc1cc(C2=CC[C@H]3CNC[C@H]3C2)cnc1Br. The lowest BCUT2D eigenvalue weighted by atomic mass is 9.80. The van der Waals surface area contributed by atoms with Crippen molar-refractivity contribution in [1.29, 1.82) is 0 Å². The van der Waals surface area contributed by atoms with Gasteiger partial charge in [0.05, 0.1) is 5.02 Å². The van der Waals surface area contributed by atoms with E-state index >= 15 is 0 Å². The summed E-state index contributed by atoms with van der Waals surface area (Å²) in [7, 11) is 0. The Morgan fingerprint density at radius 3 is 3.00 bits per heavy atom. The van der Waals surface area contributed by atoms with E-state index in [1.165, 1.54) is 24.1 Å². The number of halogens is 2. The highest BCUT2D eigenvalue weighted by Gasteiger charge is 2.30. The smallest absolute Gasteiger partial charge is 0.124 e. The van der Waals surface area contributed by atoms with Gasteiger partial charge in [-0.25, -0.2) is 4.98 Å². The van der Waals surface area contributed by atoms with E-state index in [2.05, 4.69) is 32.3 Å². The van der Waals surface area contributed by atoms with Crippen LogP contribution in [0.1, 0.15) is 18.4 Å². The van der Waals surface area contributed by atoms with Gasteiger partial charge in [0.15, 0.2) is 0 Å². The summed E-state index contributed by atoms with van der Waals surface area (Å²) in [5.74, 6) is 1.62. The molecule has 4 heteroatoms. The molecule has 1 aromatic heterocycles. The summed E-state index contributed by atoms with van der Waals surface area (Å²) in [5.41, 5.74) is 2.57. The number of pyridine rings is 1. The average molecular weight is 314 g/mol. The zero-order valence-electron chi connectivity index (χ0n) is 9.42. The van der Waals surface area contributed by atoms with Gasteiger partial charge in [-0.2, -0.15) is 0 Å². The van der Waals surface area contributed by atoms with Gasteiger partial charge in [0.2, 0.25) is 0 Å². The first-order valence-electron chi connectivity index (χ1n) is 5.95. The third-order valence-electron chi connectivity index (χ3n) is 3.80. The van der Waals surface area contributed by atoms with Crippen molar-refractivity contribution in [2.24, 2.45) is 11.8 Å². The Kier molecular flexibility index (Phi) is 3.24. The van der Waals surface area contributed by atoms with Gasteiger partial charge in [0.1, 0.15) is 4.60 Å². The Labute approximate surface area is 115 Å². The minimum atomic E-state index is 0.690. The van der Waals surface area contributed by atoms with Crippen molar-refractivity contribution < 1.29 is 0 Å². The molecule has 0 unspecified atom stereocenters. The van der Waals surface area contributed by atoms with Crippen molar-refractivity contribution in [3.8, 4) is 0 Å². The first-order valence-corrected chi connectivity index (χ1v) is 7.12. The Morgan fingerprint density at radius 2 is 2.18 bits per heavy atom. The molecule has 0 aromatic carbocycles. The first-order chi connectivity index (χ1) is 8.24. The fourth-order valence-electron chi connectivity index (χ4n) is 2.79. The Hall–Kier alpha value is -0.380. The summed E-state index contributed by atoms with van der Waals surface area (Å²) in [6.07, 6.45) is 6.60. The molecule has 1 saturated heterocycles. The second kappa shape index (κ2) is 4.71. The van der Waals surface area contributed by atoms with Gasteiger partial charge < -0.3 is 5.32 Å². The number of allylic oxidation sites excluding steroid dienone is 2. The molecule has 2 heterocycles. The molecular weight excluding hydrogens is 300 g/mol.